The van der Waals surface area contributed by atoms with Crippen LogP contribution in [-0.2, 0) is 16.0 Å². The zero-order valence-electron chi connectivity index (χ0n) is 13.7. The Labute approximate surface area is 147 Å². The first-order valence-electron chi connectivity index (χ1n) is 8.20. The molecule has 24 heavy (non-hydrogen) atoms. The van der Waals surface area contributed by atoms with Crippen molar-refractivity contribution in [2.45, 2.75) is 12.5 Å². The van der Waals surface area contributed by atoms with Crippen molar-refractivity contribution in [2.75, 3.05) is 52.5 Å². The van der Waals surface area contributed by atoms with Crippen LogP contribution in [-0.4, -0.2) is 84.6 Å². The number of aliphatic hydroxyl groups excluding tert-OH is 2. The van der Waals surface area contributed by atoms with Crippen LogP contribution in [0.5, 0.6) is 0 Å². The molecule has 0 spiro atoms. The number of nitrogens with zero attached hydrogens (tertiary/aromatic N) is 2. The van der Waals surface area contributed by atoms with Crippen LogP contribution < -0.4 is 0 Å². The molecular formula is C17H25ClN2O4. The summed E-state index contributed by atoms with van der Waals surface area (Å²) in [5.41, 5.74) is 0.850. The molecule has 1 amide bonds. The monoisotopic (exact) mass is 356 g/mol. The van der Waals surface area contributed by atoms with E-state index in [4.69, 9.17) is 21.4 Å². The van der Waals surface area contributed by atoms with E-state index < -0.39 is 6.10 Å². The minimum Gasteiger partial charge on any atom is -0.394 e. The summed E-state index contributed by atoms with van der Waals surface area (Å²) < 4.78 is 5.12. The smallest absolute Gasteiger partial charge is 0.227 e. The minimum atomic E-state index is -0.582. The third-order valence-electron chi connectivity index (χ3n) is 4.04. The zero-order valence-corrected chi connectivity index (χ0v) is 14.5. The first-order valence-corrected chi connectivity index (χ1v) is 8.58. The Morgan fingerprint density at radius 2 is 1.96 bits per heavy atom. The highest BCUT2D eigenvalue weighted by molar-refractivity contribution is 6.31. The van der Waals surface area contributed by atoms with E-state index in [-0.39, 0.29) is 25.7 Å². The number of hydrogen-bond acceptors (Lipinski definition) is 5. The lowest BCUT2D eigenvalue weighted by atomic mass is 10.1. The molecule has 2 rings (SSSR count). The molecule has 1 aliphatic rings. The number of hydrogen-bond donors (Lipinski definition) is 2. The van der Waals surface area contributed by atoms with Gasteiger partial charge in [-0.25, -0.2) is 0 Å². The standard InChI is InChI=1S/C17H25ClN2O4/c18-16-4-2-1-3-14(16)11-17(23)20-7-5-19(6-8-20)12-15(22)13-24-10-9-21/h1-4,15,21-22H,5-13H2/t15-/m1/s1. The van der Waals surface area contributed by atoms with Crippen LogP contribution in [0.15, 0.2) is 24.3 Å². The molecule has 0 aromatic heterocycles. The molecule has 1 fully saturated rings. The second-order valence-electron chi connectivity index (χ2n) is 5.90. The van der Waals surface area contributed by atoms with Crippen LogP contribution in [0, 0.1) is 0 Å². The number of carbonyl (C=O) groups excluding carboxylic acids is 1. The predicted octanol–water partition coefficient (Wildman–Crippen LogP) is 0.396. The van der Waals surface area contributed by atoms with Crippen LogP contribution in [0.4, 0.5) is 0 Å². The summed E-state index contributed by atoms with van der Waals surface area (Å²) in [6.45, 7) is 3.67. The predicted molar refractivity (Wildman–Crippen MR) is 92.1 cm³/mol. The molecule has 134 valence electrons. The Morgan fingerprint density at radius 1 is 1.25 bits per heavy atom. The first kappa shape index (κ1) is 19.1. The topological polar surface area (TPSA) is 73.2 Å². The van der Waals surface area contributed by atoms with E-state index in [0.717, 1.165) is 18.7 Å². The lowest BCUT2D eigenvalue weighted by Gasteiger charge is -2.35. The fourth-order valence-electron chi connectivity index (χ4n) is 2.73. The van der Waals surface area contributed by atoms with E-state index in [1.54, 1.807) is 6.07 Å². The van der Waals surface area contributed by atoms with Crippen molar-refractivity contribution in [2.24, 2.45) is 0 Å². The highest BCUT2D eigenvalue weighted by Crippen LogP contribution is 2.16. The fraction of sp³-hybridized carbons (Fsp3) is 0.588. The number of amides is 1. The van der Waals surface area contributed by atoms with Crippen molar-refractivity contribution in [3.8, 4) is 0 Å². The Hall–Kier alpha value is -1.18. The van der Waals surface area contributed by atoms with Crippen LogP contribution >= 0.6 is 11.6 Å². The molecule has 0 aliphatic carbocycles. The largest absolute Gasteiger partial charge is 0.394 e. The number of aliphatic hydroxyl groups is 2. The van der Waals surface area contributed by atoms with E-state index in [0.29, 0.717) is 31.1 Å². The van der Waals surface area contributed by atoms with Gasteiger partial charge in [-0.3, -0.25) is 9.69 Å². The molecule has 7 heteroatoms. The third kappa shape index (κ3) is 6.03. The molecule has 0 radical (unpaired) electrons. The van der Waals surface area contributed by atoms with Gasteiger partial charge in [0.05, 0.1) is 32.3 Å². The van der Waals surface area contributed by atoms with Gasteiger partial charge in [0.1, 0.15) is 0 Å². The highest BCUT2D eigenvalue weighted by Gasteiger charge is 2.23. The molecule has 2 N–H and O–H groups in total. The first-order chi connectivity index (χ1) is 11.6. The van der Waals surface area contributed by atoms with Crippen molar-refractivity contribution >= 4 is 17.5 Å². The molecule has 1 atom stereocenters. The second-order valence-corrected chi connectivity index (χ2v) is 6.31. The number of β-amino-alcohol motifs (C(OH)–C–C–N with tert-alkyl or cyclic N) is 1. The van der Waals surface area contributed by atoms with Crippen molar-refractivity contribution < 1.29 is 19.7 Å². The maximum atomic E-state index is 12.4. The molecular weight excluding hydrogens is 332 g/mol. The van der Waals surface area contributed by atoms with Gasteiger partial charge < -0.3 is 19.8 Å². The van der Waals surface area contributed by atoms with Crippen LogP contribution in [0.1, 0.15) is 5.56 Å². The van der Waals surface area contributed by atoms with E-state index in [2.05, 4.69) is 4.90 Å². The lowest BCUT2D eigenvalue weighted by molar-refractivity contribution is -0.132. The zero-order chi connectivity index (χ0) is 17.4. The van der Waals surface area contributed by atoms with E-state index in [1.807, 2.05) is 23.1 Å². The van der Waals surface area contributed by atoms with Gasteiger partial charge in [-0.05, 0) is 11.6 Å². The van der Waals surface area contributed by atoms with Gasteiger partial charge in [0, 0.05) is 37.7 Å². The molecule has 1 saturated heterocycles. The Morgan fingerprint density at radius 3 is 2.62 bits per heavy atom. The SMILES string of the molecule is O=C(Cc1ccccc1Cl)N1CCN(C[C@@H](O)COCCO)CC1. The van der Waals surface area contributed by atoms with Gasteiger partial charge in [0.15, 0.2) is 0 Å². The number of carbonyl (C=O) groups is 1. The molecule has 1 aromatic rings. The molecule has 0 saturated carbocycles. The number of rotatable bonds is 8. The maximum Gasteiger partial charge on any atom is 0.227 e. The quantitative estimate of drug-likeness (QED) is 0.659. The van der Waals surface area contributed by atoms with Gasteiger partial charge >= 0.3 is 0 Å². The van der Waals surface area contributed by atoms with Crippen molar-refractivity contribution in [1.29, 1.82) is 0 Å². The summed E-state index contributed by atoms with van der Waals surface area (Å²) in [6, 6.07) is 7.40. The number of piperazine rings is 1. The Kier molecular flexibility index (Phi) is 7.94. The van der Waals surface area contributed by atoms with Gasteiger partial charge in [0.2, 0.25) is 5.91 Å². The van der Waals surface area contributed by atoms with Crippen molar-refractivity contribution in [3.05, 3.63) is 34.9 Å². The third-order valence-corrected chi connectivity index (χ3v) is 4.41. The summed E-state index contributed by atoms with van der Waals surface area (Å²) in [5.74, 6) is 0.0783. The van der Waals surface area contributed by atoms with Crippen molar-refractivity contribution in [1.82, 2.24) is 9.80 Å². The molecule has 1 aromatic carbocycles. The normalized spacial score (nSPS) is 17.0. The Balaban J connectivity index is 1.72. The average Bonchev–Trinajstić information content (AvgIpc) is 2.58. The lowest BCUT2D eigenvalue weighted by Crippen LogP contribution is -2.51. The Bertz CT molecular complexity index is 521. The summed E-state index contributed by atoms with van der Waals surface area (Å²) >= 11 is 6.11. The van der Waals surface area contributed by atoms with Gasteiger partial charge in [-0.1, -0.05) is 29.8 Å². The highest BCUT2D eigenvalue weighted by atomic mass is 35.5. The average molecular weight is 357 g/mol. The van der Waals surface area contributed by atoms with Gasteiger partial charge in [-0.2, -0.15) is 0 Å². The molecule has 1 aliphatic heterocycles. The molecule has 1 heterocycles. The van der Waals surface area contributed by atoms with E-state index in [1.165, 1.54) is 0 Å². The summed E-state index contributed by atoms with van der Waals surface area (Å²) in [4.78, 5) is 16.3. The van der Waals surface area contributed by atoms with E-state index >= 15 is 0 Å². The van der Waals surface area contributed by atoms with Crippen molar-refractivity contribution in [3.63, 3.8) is 0 Å². The summed E-state index contributed by atoms with van der Waals surface area (Å²) in [6.07, 6.45) is -0.265. The molecule has 6 nitrogen and oxygen atoms in total. The molecule has 0 bridgehead atoms. The summed E-state index contributed by atoms with van der Waals surface area (Å²) in [7, 11) is 0. The van der Waals surface area contributed by atoms with Gasteiger partial charge in [-0.15, -0.1) is 0 Å². The van der Waals surface area contributed by atoms with Crippen LogP contribution in [0.25, 0.3) is 0 Å². The number of halogens is 1. The van der Waals surface area contributed by atoms with Gasteiger partial charge in [0.25, 0.3) is 0 Å². The fourth-order valence-corrected chi connectivity index (χ4v) is 2.93. The van der Waals surface area contributed by atoms with Crippen LogP contribution in [0.3, 0.4) is 0 Å². The maximum absolute atomic E-state index is 12.4. The number of benzene rings is 1. The number of ether oxygens (including phenoxy) is 1. The summed E-state index contributed by atoms with van der Waals surface area (Å²) in [5, 5.41) is 19.1. The minimum absolute atomic E-state index is 0.0427. The molecule has 0 unspecified atom stereocenters. The van der Waals surface area contributed by atoms with E-state index in [9.17, 15) is 9.90 Å². The van der Waals surface area contributed by atoms with Crippen LogP contribution in [0.2, 0.25) is 5.02 Å². The second kappa shape index (κ2) is 9.96.